The molecule has 5 nitrogen and oxygen atoms in total. The van der Waals surface area contributed by atoms with Crippen LogP contribution >= 0.6 is 15.9 Å². The van der Waals surface area contributed by atoms with E-state index in [2.05, 4.69) is 40.2 Å². The number of carbonyl (C=O) groups excluding carboxylic acids is 1. The maximum Gasteiger partial charge on any atom is 0.257 e. The van der Waals surface area contributed by atoms with Crippen molar-refractivity contribution < 1.29 is 4.79 Å². The molecule has 1 aromatic rings. The second kappa shape index (κ2) is 6.10. The molecule has 20 heavy (non-hydrogen) atoms. The molecular weight excluding hydrogens is 320 g/mol. The summed E-state index contributed by atoms with van der Waals surface area (Å²) in [7, 11) is 0. The number of nitrogens with one attached hydrogen (secondary N) is 1. The van der Waals surface area contributed by atoms with Crippen LogP contribution < -0.4 is 11.3 Å². The van der Waals surface area contributed by atoms with Gasteiger partial charge in [0.05, 0.1) is 5.56 Å². The molecule has 110 valence electrons. The Morgan fingerprint density at radius 3 is 2.90 bits per heavy atom. The van der Waals surface area contributed by atoms with Crippen LogP contribution in [0.25, 0.3) is 0 Å². The quantitative estimate of drug-likeness (QED) is 0.641. The molecule has 0 spiro atoms. The third-order valence-corrected chi connectivity index (χ3v) is 4.28. The Kier molecular flexibility index (Phi) is 4.65. The molecule has 0 atom stereocenters. The third-order valence-electron chi connectivity index (χ3n) is 3.85. The molecule has 1 aliphatic rings. The van der Waals surface area contributed by atoms with Gasteiger partial charge in [-0.25, -0.2) is 10.8 Å². The number of aromatic nitrogens is 1. The number of likely N-dealkylation sites (tertiary alicyclic amines) is 1. The fraction of sp³-hybridized carbons (Fsp3) is 0.571. The zero-order valence-corrected chi connectivity index (χ0v) is 13.5. The van der Waals surface area contributed by atoms with Gasteiger partial charge in [0.25, 0.3) is 5.91 Å². The summed E-state index contributed by atoms with van der Waals surface area (Å²) in [5.74, 6) is 5.85. The van der Waals surface area contributed by atoms with Crippen molar-refractivity contribution in [3.05, 3.63) is 22.3 Å². The molecular formula is C14H21BrN4O. The van der Waals surface area contributed by atoms with Crippen molar-refractivity contribution in [3.63, 3.8) is 0 Å². The van der Waals surface area contributed by atoms with Crippen molar-refractivity contribution in [2.75, 3.05) is 18.5 Å². The van der Waals surface area contributed by atoms with Crippen molar-refractivity contribution in [1.29, 1.82) is 0 Å². The second-order valence-electron chi connectivity index (χ2n) is 6.00. The van der Waals surface area contributed by atoms with Crippen LogP contribution in [0.1, 0.15) is 43.5 Å². The van der Waals surface area contributed by atoms with Crippen molar-refractivity contribution in [2.45, 2.75) is 33.1 Å². The van der Waals surface area contributed by atoms with Crippen molar-refractivity contribution in [1.82, 2.24) is 9.88 Å². The highest BCUT2D eigenvalue weighted by Crippen LogP contribution is 2.30. The highest BCUT2D eigenvalue weighted by molar-refractivity contribution is 9.10. The summed E-state index contributed by atoms with van der Waals surface area (Å²) in [6, 6.07) is 1.76. The molecule has 0 bridgehead atoms. The van der Waals surface area contributed by atoms with Gasteiger partial charge in [0.15, 0.2) is 5.82 Å². The number of halogens is 1. The van der Waals surface area contributed by atoms with Gasteiger partial charge in [-0.15, -0.1) is 0 Å². The molecule has 0 aromatic carbocycles. The standard InChI is InChI=1S/C14H21BrN4O/c1-14(2)4-3-6-19(7-5-14)13(20)11-8-10(15)9-17-12(11)18-16/h8-9H,3-7,16H2,1-2H3,(H,17,18). The van der Waals surface area contributed by atoms with E-state index < -0.39 is 0 Å². The number of hydrazine groups is 1. The first-order chi connectivity index (χ1) is 9.43. The molecule has 3 N–H and O–H groups in total. The first kappa shape index (κ1) is 15.3. The molecule has 0 radical (unpaired) electrons. The van der Waals surface area contributed by atoms with E-state index in [0.29, 0.717) is 16.8 Å². The van der Waals surface area contributed by atoms with Gasteiger partial charge in [0.1, 0.15) is 0 Å². The van der Waals surface area contributed by atoms with E-state index in [1.165, 1.54) is 0 Å². The Labute approximate surface area is 128 Å². The number of amides is 1. The lowest BCUT2D eigenvalue weighted by Crippen LogP contribution is -2.33. The number of rotatable bonds is 2. The molecule has 1 amide bonds. The van der Waals surface area contributed by atoms with Crippen molar-refractivity contribution >= 4 is 27.7 Å². The van der Waals surface area contributed by atoms with Crippen LogP contribution in [-0.2, 0) is 0 Å². The molecule has 2 heterocycles. The van der Waals surface area contributed by atoms with Crippen LogP contribution in [0.3, 0.4) is 0 Å². The first-order valence-corrected chi connectivity index (χ1v) is 7.64. The van der Waals surface area contributed by atoms with Gasteiger partial charge >= 0.3 is 0 Å². The van der Waals surface area contributed by atoms with Crippen LogP contribution in [0, 0.1) is 5.41 Å². The third kappa shape index (κ3) is 3.49. The number of nitrogens with two attached hydrogens (primary N) is 1. The lowest BCUT2D eigenvalue weighted by Gasteiger charge is -2.24. The van der Waals surface area contributed by atoms with Gasteiger partial charge in [0.2, 0.25) is 0 Å². The van der Waals surface area contributed by atoms with E-state index in [4.69, 9.17) is 5.84 Å². The highest BCUT2D eigenvalue weighted by atomic mass is 79.9. The van der Waals surface area contributed by atoms with Gasteiger partial charge in [-0.2, -0.15) is 0 Å². The minimum atomic E-state index is -0.00977. The number of carbonyl (C=O) groups is 1. The van der Waals surface area contributed by atoms with E-state index in [1.54, 1.807) is 12.3 Å². The lowest BCUT2D eigenvalue weighted by molar-refractivity contribution is 0.0758. The Morgan fingerprint density at radius 2 is 2.20 bits per heavy atom. The lowest BCUT2D eigenvalue weighted by atomic mass is 9.85. The van der Waals surface area contributed by atoms with Crippen LogP contribution in [0.4, 0.5) is 5.82 Å². The van der Waals surface area contributed by atoms with E-state index in [1.807, 2.05) is 4.90 Å². The number of hydrogen-bond acceptors (Lipinski definition) is 4. The van der Waals surface area contributed by atoms with Crippen molar-refractivity contribution in [3.8, 4) is 0 Å². The molecule has 1 saturated heterocycles. The van der Waals surface area contributed by atoms with Crippen LogP contribution in [0.5, 0.6) is 0 Å². The predicted molar refractivity (Wildman–Crippen MR) is 83.3 cm³/mol. The topological polar surface area (TPSA) is 71.2 Å². The fourth-order valence-electron chi connectivity index (χ4n) is 2.51. The summed E-state index contributed by atoms with van der Waals surface area (Å²) >= 11 is 3.35. The first-order valence-electron chi connectivity index (χ1n) is 6.84. The minimum absolute atomic E-state index is 0.00977. The maximum absolute atomic E-state index is 12.7. The second-order valence-corrected chi connectivity index (χ2v) is 6.92. The van der Waals surface area contributed by atoms with Crippen LogP contribution in [0.2, 0.25) is 0 Å². The molecule has 6 heteroatoms. The molecule has 1 aromatic heterocycles. The Hall–Kier alpha value is -1.14. The van der Waals surface area contributed by atoms with Crippen molar-refractivity contribution in [2.24, 2.45) is 11.3 Å². The summed E-state index contributed by atoms with van der Waals surface area (Å²) in [6.07, 6.45) is 4.82. The average molecular weight is 341 g/mol. The normalized spacial score (nSPS) is 18.5. The minimum Gasteiger partial charge on any atom is -0.339 e. The molecule has 1 aliphatic heterocycles. The van der Waals surface area contributed by atoms with Gasteiger partial charge in [-0.05, 0) is 46.7 Å². The molecule has 1 fully saturated rings. The zero-order chi connectivity index (χ0) is 14.8. The summed E-state index contributed by atoms with van der Waals surface area (Å²) in [5, 5.41) is 0. The molecule has 0 saturated carbocycles. The van der Waals surface area contributed by atoms with Crippen LogP contribution in [-0.4, -0.2) is 28.9 Å². The number of pyridine rings is 1. The Morgan fingerprint density at radius 1 is 1.45 bits per heavy atom. The van der Waals surface area contributed by atoms with Gasteiger partial charge in [0, 0.05) is 23.8 Å². The number of hydrogen-bond donors (Lipinski definition) is 2. The van der Waals surface area contributed by atoms with E-state index in [-0.39, 0.29) is 5.91 Å². The monoisotopic (exact) mass is 340 g/mol. The predicted octanol–water partition coefficient (Wildman–Crippen LogP) is 2.78. The highest BCUT2D eigenvalue weighted by Gasteiger charge is 2.27. The van der Waals surface area contributed by atoms with Gasteiger partial charge in [-0.3, -0.25) is 4.79 Å². The fourth-order valence-corrected chi connectivity index (χ4v) is 2.84. The van der Waals surface area contributed by atoms with E-state index in [0.717, 1.165) is 36.8 Å². The van der Waals surface area contributed by atoms with Crippen LogP contribution in [0.15, 0.2) is 16.7 Å². The van der Waals surface area contributed by atoms with E-state index >= 15 is 0 Å². The van der Waals surface area contributed by atoms with E-state index in [9.17, 15) is 4.79 Å². The summed E-state index contributed by atoms with van der Waals surface area (Å²) in [6.45, 7) is 6.09. The summed E-state index contributed by atoms with van der Waals surface area (Å²) in [5.41, 5.74) is 3.32. The SMILES string of the molecule is CC1(C)CCCN(C(=O)c2cc(Br)cnc2NN)CC1. The Bertz CT molecular complexity index is 504. The maximum atomic E-state index is 12.7. The molecule has 2 rings (SSSR count). The molecule has 0 aliphatic carbocycles. The number of nitrogens with zero attached hydrogens (tertiary/aromatic N) is 2. The average Bonchev–Trinajstić information content (AvgIpc) is 2.59. The summed E-state index contributed by atoms with van der Waals surface area (Å²) < 4.78 is 0.773. The molecule has 0 unspecified atom stereocenters. The summed E-state index contributed by atoms with van der Waals surface area (Å²) in [4.78, 5) is 18.7. The largest absolute Gasteiger partial charge is 0.339 e. The smallest absolute Gasteiger partial charge is 0.257 e. The number of nitrogen functional groups attached to an aromatic ring is 1. The number of anilines is 1. The zero-order valence-electron chi connectivity index (χ0n) is 11.9. The Balaban J connectivity index is 2.21. The van der Waals surface area contributed by atoms with Gasteiger partial charge < -0.3 is 10.3 Å². The van der Waals surface area contributed by atoms with Gasteiger partial charge in [-0.1, -0.05) is 13.8 Å².